The fourth-order valence-electron chi connectivity index (χ4n) is 2.12. The highest BCUT2D eigenvalue weighted by Crippen LogP contribution is 2.29. The number of rotatable bonds is 8. The van der Waals surface area contributed by atoms with Gasteiger partial charge < -0.3 is 10.1 Å². The summed E-state index contributed by atoms with van der Waals surface area (Å²) in [6.45, 7) is 2.72. The number of ketones is 1. The Hall–Kier alpha value is -2.76. The van der Waals surface area contributed by atoms with Crippen LogP contribution in [-0.2, 0) is 6.18 Å². The van der Waals surface area contributed by atoms with E-state index >= 15 is 0 Å². The lowest BCUT2D eigenvalue weighted by atomic mass is 10.1. The molecular formula is C20H20F3NO2. The molecule has 0 aliphatic carbocycles. The summed E-state index contributed by atoms with van der Waals surface area (Å²) in [5.74, 6) is 0.492. The molecule has 0 heterocycles. The third-order valence-corrected chi connectivity index (χ3v) is 3.60. The first-order valence-corrected chi connectivity index (χ1v) is 8.27. The van der Waals surface area contributed by atoms with Gasteiger partial charge in [0.05, 0.1) is 12.2 Å². The highest BCUT2D eigenvalue weighted by atomic mass is 19.4. The summed E-state index contributed by atoms with van der Waals surface area (Å²) in [6.07, 6.45) is 0.379. The molecule has 0 radical (unpaired) electrons. The van der Waals surface area contributed by atoms with Gasteiger partial charge in [-0.15, -0.1) is 0 Å². The summed E-state index contributed by atoms with van der Waals surface area (Å²) in [7, 11) is 0. The van der Waals surface area contributed by atoms with Crippen molar-refractivity contribution >= 4 is 11.5 Å². The maximum atomic E-state index is 12.5. The number of ether oxygens (including phenoxy) is 1. The van der Waals surface area contributed by atoms with Gasteiger partial charge in [0.1, 0.15) is 5.75 Å². The third kappa shape index (κ3) is 5.95. The van der Waals surface area contributed by atoms with E-state index < -0.39 is 11.7 Å². The molecule has 3 nitrogen and oxygen atoms in total. The minimum Gasteiger partial charge on any atom is -0.494 e. The second kappa shape index (κ2) is 9.08. The lowest BCUT2D eigenvalue weighted by Crippen LogP contribution is -2.04. The molecule has 0 amide bonds. The van der Waals surface area contributed by atoms with E-state index in [0.717, 1.165) is 25.0 Å². The Bertz CT molecular complexity index is 735. The molecule has 0 atom stereocenters. The third-order valence-electron chi connectivity index (χ3n) is 3.60. The van der Waals surface area contributed by atoms with Gasteiger partial charge in [-0.1, -0.05) is 13.3 Å². The van der Waals surface area contributed by atoms with Gasteiger partial charge in [-0.05, 0) is 55.0 Å². The fraction of sp³-hybridized carbons (Fsp3) is 0.250. The highest BCUT2D eigenvalue weighted by Gasteiger charge is 2.29. The molecule has 6 heteroatoms. The second-order valence-electron chi connectivity index (χ2n) is 5.64. The van der Waals surface area contributed by atoms with Crippen LogP contribution in [0, 0.1) is 0 Å². The van der Waals surface area contributed by atoms with Crippen molar-refractivity contribution in [1.29, 1.82) is 0 Å². The molecule has 26 heavy (non-hydrogen) atoms. The maximum absolute atomic E-state index is 12.5. The van der Waals surface area contributed by atoms with Crippen molar-refractivity contribution in [1.82, 2.24) is 0 Å². The van der Waals surface area contributed by atoms with Gasteiger partial charge in [0.15, 0.2) is 5.78 Å². The van der Waals surface area contributed by atoms with Crippen molar-refractivity contribution in [2.24, 2.45) is 0 Å². The van der Waals surface area contributed by atoms with Crippen LogP contribution in [0.3, 0.4) is 0 Å². The van der Waals surface area contributed by atoms with Crippen molar-refractivity contribution in [3.8, 4) is 5.75 Å². The van der Waals surface area contributed by atoms with Gasteiger partial charge in [-0.3, -0.25) is 4.79 Å². The van der Waals surface area contributed by atoms with Crippen LogP contribution in [-0.4, -0.2) is 12.4 Å². The second-order valence-corrected chi connectivity index (χ2v) is 5.64. The molecule has 2 rings (SSSR count). The fourth-order valence-corrected chi connectivity index (χ4v) is 2.12. The van der Waals surface area contributed by atoms with Crippen molar-refractivity contribution < 1.29 is 22.7 Å². The summed E-state index contributed by atoms with van der Waals surface area (Å²) in [6, 6.07) is 11.4. The molecule has 0 aromatic heterocycles. The summed E-state index contributed by atoms with van der Waals surface area (Å²) in [5, 5.41) is 2.78. The number of benzene rings is 2. The van der Waals surface area contributed by atoms with Gasteiger partial charge in [0.2, 0.25) is 0 Å². The molecular weight excluding hydrogens is 343 g/mol. The topological polar surface area (TPSA) is 38.3 Å². The molecule has 0 unspecified atom stereocenters. The Balaban J connectivity index is 1.88. The molecule has 0 aliphatic heterocycles. The molecule has 0 saturated carbocycles. The lowest BCUT2D eigenvalue weighted by molar-refractivity contribution is -0.137. The summed E-state index contributed by atoms with van der Waals surface area (Å²) < 4.78 is 43.0. The van der Waals surface area contributed by atoms with E-state index in [1.165, 1.54) is 24.4 Å². The van der Waals surface area contributed by atoms with Crippen molar-refractivity contribution in [2.45, 2.75) is 25.9 Å². The molecule has 138 valence electrons. The Labute approximate surface area is 150 Å². The van der Waals surface area contributed by atoms with Crippen LogP contribution < -0.4 is 10.1 Å². The average molecular weight is 363 g/mol. The van der Waals surface area contributed by atoms with Crippen LogP contribution in [0.25, 0.3) is 0 Å². The summed E-state index contributed by atoms with van der Waals surface area (Å²) in [5.41, 5.74) is 0.240. The van der Waals surface area contributed by atoms with E-state index in [0.29, 0.717) is 23.6 Å². The first-order valence-electron chi connectivity index (χ1n) is 8.27. The molecule has 2 aromatic carbocycles. The zero-order chi connectivity index (χ0) is 19.0. The molecule has 0 saturated heterocycles. The van der Waals surface area contributed by atoms with E-state index in [4.69, 9.17) is 4.74 Å². The minimum atomic E-state index is -4.36. The number of halogens is 3. The van der Waals surface area contributed by atoms with Crippen LogP contribution in [0.5, 0.6) is 5.75 Å². The predicted octanol–water partition coefficient (Wildman–Crippen LogP) is 5.69. The van der Waals surface area contributed by atoms with E-state index in [2.05, 4.69) is 12.2 Å². The van der Waals surface area contributed by atoms with Gasteiger partial charge in [0, 0.05) is 23.5 Å². The number of hydrogen-bond donors (Lipinski definition) is 1. The number of unbranched alkanes of at least 4 members (excludes halogenated alkanes) is 1. The molecule has 0 aliphatic rings. The number of carbonyl (C=O) groups excluding carboxylic acids is 1. The first-order chi connectivity index (χ1) is 12.4. The Kier molecular flexibility index (Phi) is 6.83. The molecule has 0 spiro atoms. The predicted molar refractivity (Wildman–Crippen MR) is 95.4 cm³/mol. The van der Waals surface area contributed by atoms with Crippen molar-refractivity contribution in [3.63, 3.8) is 0 Å². The van der Waals surface area contributed by atoms with Gasteiger partial charge in [-0.25, -0.2) is 0 Å². The van der Waals surface area contributed by atoms with Crippen LogP contribution in [0.2, 0.25) is 0 Å². The monoisotopic (exact) mass is 363 g/mol. The smallest absolute Gasteiger partial charge is 0.416 e. The molecule has 2 aromatic rings. The van der Waals surface area contributed by atoms with Crippen LogP contribution in [0.4, 0.5) is 18.9 Å². The molecule has 1 N–H and O–H groups in total. The average Bonchev–Trinajstić information content (AvgIpc) is 2.62. The van der Waals surface area contributed by atoms with Crippen LogP contribution in [0.1, 0.15) is 35.7 Å². The lowest BCUT2D eigenvalue weighted by Gasteiger charge is -2.07. The quantitative estimate of drug-likeness (QED) is 0.372. The largest absolute Gasteiger partial charge is 0.494 e. The van der Waals surface area contributed by atoms with Crippen molar-refractivity contribution in [2.75, 3.05) is 11.9 Å². The number of carbonyl (C=O) groups is 1. The number of alkyl halides is 3. The van der Waals surface area contributed by atoms with E-state index in [1.807, 2.05) is 0 Å². The standard InChI is InChI=1S/C20H20F3NO2/c1-2-3-14-26-18-10-4-15(5-11-18)19(25)12-13-24-17-8-6-16(7-9-17)20(21,22)23/h4-13,24H,2-3,14H2,1H3. The van der Waals surface area contributed by atoms with E-state index in [-0.39, 0.29) is 5.78 Å². The SMILES string of the molecule is CCCCOc1ccc(C(=O)C=CNc2ccc(C(F)(F)F)cc2)cc1. The molecule has 0 bridgehead atoms. The Morgan fingerprint density at radius 3 is 2.31 bits per heavy atom. The van der Waals surface area contributed by atoms with Crippen LogP contribution in [0.15, 0.2) is 60.8 Å². The number of hydrogen-bond acceptors (Lipinski definition) is 3. The maximum Gasteiger partial charge on any atom is 0.416 e. The van der Waals surface area contributed by atoms with E-state index in [1.54, 1.807) is 24.3 Å². The van der Waals surface area contributed by atoms with Gasteiger partial charge in [0.25, 0.3) is 0 Å². The summed E-state index contributed by atoms with van der Waals surface area (Å²) >= 11 is 0. The first kappa shape index (κ1) is 19.6. The van der Waals surface area contributed by atoms with Gasteiger partial charge >= 0.3 is 6.18 Å². The number of nitrogens with one attached hydrogen (secondary N) is 1. The Morgan fingerprint density at radius 1 is 1.08 bits per heavy atom. The van der Waals surface area contributed by atoms with Crippen LogP contribution >= 0.6 is 0 Å². The normalized spacial score (nSPS) is 11.5. The zero-order valence-electron chi connectivity index (χ0n) is 14.3. The molecule has 0 fully saturated rings. The number of anilines is 1. The minimum absolute atomic E-state index is 0.218. The highest BCUT2D eigenvalue weighted by molar-refractivity contribution is 6.04. The van der Waals surface area contributed by atoms with Gasteiger partial charge in [-0.2, -0.15) is 13.2 Å². The van der Waals surface area contributed by atoms with E-state index in [9.17, 15) is 18.0 Å². The Morgan fingerprint density at radius 2 is 1.73 bits per heavy atom. The zero-order valence-corrected chi connectivity index (χ0v) is 14.3. The summed E-state index contributed by atoms with van der Waals surface area (Å²) in [4.78, 5) is 12.1. The number of allylic oxidation sites excluding steroid dienone is 1. The van der Waals surface area contributed by atoms with Crippen molar-refractivity contribution in [3.05, 3.63) is 71.9 Å².